The highest BCUT2D eigenvalue weighted by Crippen LogP contribution is 2.34. The van der Waals surface area contributed by atoms with Gasteiger partial charge in [0.25, 0.3) is 0 Å². The molecule has 1 aliphatic heterocycles. The Hall–Kier alpha value is -2.28. The molecule has 4 rings (SSSR count). The molecule has 0 saturated carbocycles. The van der Waals surface area contributed by atoms with Gasteiger partial charge in [-0.15, -0.1) is 11.3 Å². The van der Waals surface area contributed by atoms with Gasteiger partial charge in [-0.1, -0.05) is 24.3 Å². The number of fused-ring (bicyclic) bond motifs is 1. The second kappa shape index (κ2) is 8.61. The largest absolute Gasteiger partial charge is 0.463 e. The van der Waals surface area contributed by atoms with Crippen LogP contribution in [0.25, 0.3) is 10.1 Å². The van der Waals surface area contributed by atoms with Crippen molar-refractivity contribution in [2.45, 2.75) is 44.5 Å². The number of carbonyl (C=O) groups excluding carboxylic acids is 1. The van der Waals surface area contributed by atoms with Crippen LogP contribution in [-0.2, 0) is 20.7 Å². The highest BCUT2D eigenvalue weighted by molar-refractivity contribution is 7.19. The van der Waals surface area contributed by atoms with Gasteiger partial charge in [0.1, 0.15) is 12.4 Å². The molecule has 6 heteroatoms. The fraction of sp³-hybridized carbons (Fsp3) is 0.348. The van der Waals surface area contributed by atoms with Crippen molar-refractivity contribution in [1.29, 1.82) is 0 Å². The first-order valence-electron chi connectivity index (χ1n) is 9.70. The zero-order valence-corrected chi connectivity index (χ0v) is 17.0. The van der Waals surface area contributed by atoms with E-state index in [0.717, 1.165) is 15.8 Å². The SMILES string of the molecule is CC(=O)OC[C@@H]1C[C@H](O)C[C@H](c2ccc(F)c(Cc3cc4ccccc4s3)c2)O1. The fourth-order valence-corrected chi connectivity index (χ4v) is 4.85. The summed E-state index contributed by atoms with van der Waals surface area (Å²) in [6, 6.07) is 15.2. The van der Waals surface area contributed by atoms with Crippen molar-refractivity contribution in [2.24, 2.45) is 0 Å². The third-order valence-corrected chi connectivity index (χ3v) is 6.25. The van der Waals surface area contributed by atoms with Crippen LogP contribution in [0, 0.1) is 5.82 Å². The molecule has 3 atom stereocenters. The second-order valence-corrected chi connectivity index (χ2v) is 8.62. The summed E-state index contributed by atoms with van der Waals surface area (Å²) >= 11 is 1.67. The van der Waals surface area contributed by atoms with Gasteiger partial charge < -0.3 is 14.6 Å². The lowest BCUT2D eigenvalue weighted by molar-refractivity contribution is -0.155. The minimum absolute atomic E-state index is 0.110. The molecule has 2 heterocycles. The van der Waals surface area contributed by atoms with Crippen molar-refractivity contribution < 1.29 is 23.8 Å². The van der Waals surface area contributed by atoms with E-state index >= 15 is 0 Å². The zero-order valence-electron chi connectivity index (χ0n) is 16.1. The molecule has 3 aromatic rings. The molecule has 0 aliphatic carbocycles. The van der Waals surface area contributed by atoms with E-state index in [0.29, 0.717) is 24.8 Å². The van der Waals surface area contributed by atoms with Gasteiger partial charge in [-0.05, 0) is 40.8 Å². The lowest BCUT2D eigenvalue weighted by Crippen LogP contribution is -2.34. The molecule has 1 aliphatic rings. The molecule has 0 amide bonds. The van der Waals surface area contributed by atoms with Crippen LogP contribution in [0.4, 0.5) is 4.39 Å². The molecular formula is C23H23FO4S. The van der Waals surface area contributed by atoms with Crippen LogP contribution in [0.3, 0.4) is 0 Å². The summed E-state index contributed by atoms with van der Waals surface area (Å²) < 4.78 is 26.7. The van der Waals surface area contributed by atoms with Gasteiger partial charge in [0.15, 0.2) is 0 Å². The number of benzene rings is 2. The van der Waals surface area contributed by atoms with E-state index in [2.05, 4.69) is 18.2 Å². The van der Waals surface area contributed by atoms with Crippen molar-refractivity contribution in [3.8, 4) is 0 Å². The molecule has 1 fully saturated rings. The summed E-state index contributed by atoms with van der Waals surface area (Å²) in [5.41, 5.74) is 1.43. The highest BCUT2D eigenvalue weighted by Gasteiger charge is 2.30. The van der Waals surface area contributed by atoms with Crippen LogP contribution in [0.5, 0.6) is 0 Å². The van der Waals surface area contributed by atoms with Crippen LogP contribution < -0.4 is 0 Å². The number of hydrogen-bond acceptors (Lipinski definition) is 5. The smallest absolute Gasteiger partial charge is 0.302 e. The molecule has 0 spiro atoms. The van der Waals surface area contributed by atoms with E-state index in [4.69, 9.17) is 9.47 Å². The zero-order chi connectivity index (χ0) is 20.4. The molecule has 1 aromatic heterocycles. The van der Waals surface area contributed by atoms with Crippen molar-refractivity contribution in [2.75, 3.05) is 6.61 Å². The second-order valence-electron chi connectivity index (χ2n) is 7.45. The molecule has 1 N–H and O–H groups in total. The molecular weight excluding hydrogens is 391 g/mol. The standard InChI is InChI=1S/C23H23FO4S/c1-14(25)27-13-19-11-18(26)12-22(28-19)15-6-7-21(24)17(8-15)10-20-9-16-4-2-3-5-23(16)29-20/h2-9,18-19,22,26H,10-13H2,1H3/t18-,19-,22+/m0/s1. The number of hydrogen-bond donors (Lipinski definition) is 1. The van der Waals surface area contributed by atoms with Gasteiger partial charge in [-0.25, -0.2) is 4.39 Å². The Kier molecular flexibility index (Phi) is 5.94. The summed E-state index contributed by atoms with van der Waals surface area (Å²) in [7, 11) is 0. The third kappa shape index (κ3) is 4.83. The van der Waals surface area contributed by atoms with Crippen LogP contribution in [0.15, 0.2) is 48.5 Å². The number of aliphatic hydroxyl groups excluding tert-OH is 1. The van der Waals surface area contributed by atoms with Gasteiger partial charge in [0.05, 0.1) is 18.3 Å². The van der Waals surface area contributed by atoms with E-state index in [1.54, 1.807) is 17.4 Å². The predicted molar refractivity (Wildman–Crippen MR) is 111 cm³/mol. The predicted octanol–water partition coefficient (Wildman–Crippen LogP) is 4.78. The lowest BCUT2D eigenvalue weighted by Gasteiger charge is -2.33. The summed E-state index contributed by atoms with van der Waals surface area (Å²) in [6.45, 7) is 1.45. The summed E-state index contributed by atoms with van der Waals surface area (Å²) in [5.74, 6) is -0.628. The molecule has 152 valence electrons. The first-order chi connectivity index (χ1) is 14.0. The quantitative estimate of drug-likeness (QED) is 0.611. The van der Waals surface area contributed by atoms with Crippen LogP contribution >= 0.6 is 11.3 Å². The van der Waals surface area contributed by atoms with Crippen LogP contribution in [0.2, 0.25) is 0 Å². The molecule has 4 nitrogen and oxygen atoms in total. The van der Waals surface area contributed by atoms with Crippen LogP contribution in [0.1, 0.15) is 41.9 Å². The Morgan fingerprint density at radius 2 is 2.07 bits per heavy atom. The van der Waals surface area contributed by atoms with E-state index in [-0.39, 0.29) is 30.6 Å². The molecule has 0 radical (unpaired) electrons. The first kappa shape index (κ1) is 20.0. The van der Waals surface area contributed by atoms with Crippen molar-refractivity contribution in [3.63, 3.8) is 0 Å². The third-order valence-electron chi connectivity index (χ3n) is 5.13. The average molecular weight is 414 g/mol. The van der Waals surface area contributed by atoms with Gasteiger partial charge in [0, 0.05) is 35.8 Å². The summed E-state index contributed by atoms with van der Waals surface area (Å²) in [6.07, 6.45) is 0.0743. The number of rotatable bonds is 5. The van der Waals surface area contributed by atoms with E-state index in [1.807, 2.05) is 18.2 Å². The topological polar surface area (TPSA) is 55.8 Å². The maximum atomic E-state index is 14.5. The molecule has 0 unspecified atom stereocenters. The van der Waals surface area contributed by atoms with Gasteiger partial charge >= 0.3 is 5.97 Å². The number of ether oxygens (including phenoxy) is 2. The van der Waals surface area contributed by atoms with E-state index in [9.17, 15) is 14.3 Å². The van der Waals surface area contributed by atoms with E-state index in [1.165, 1.54) is 17.7 Å². The highest BCUT2D eigenvalue weighted by atomic mass is 32.1. The maximum Gasteiger partial charge on any atom is 0.302 e. The van der Waals surface area contributed by atoms with Gasteiger partial charge in [-0.3, -0.25) is 4.79 Å². The average Bonchev–Trinajstić information content (AvgIpc) is 3.10. The fourth-order valence-electron chi connectivity index (χ4n) is 3.76. The molecule has 1 saturated heterocycles. The van der Waals surface area contributed by atoms with Crippen molar-refractivity contribution in [1.82, 2.24) is 0 Å². The number of aliphatic hydroxyl groups is 1. The Bertz CT molecular complexity index is 982. The lowest BCUT2D eigenvalue weighted by atomic mass is 9.94. The Morgan fingerprint density at radius 3 is 2.86 bits per heavy atom. The number of thiophene rings is 1. The minimum atomic E-state index is -0.551. The number of halogens is 1. The molecule has 0 bridgehead atoms. The van der Waals surface area contributed by atoms with Crippen molar-refractivity contribution >= 4 is 27.4 Å². The van der Waals surface area contributed by atoms with Crippen molar-refractivity contribution in [3.05, 3.63) is 70.4 Å². The Morgan fingerprint density at radius 1 is 1.24 bits per heavy atom. The van der Waals surface area contributed by atoms with Gasteiger partial charge in [0.2, 0.25) is 0 Å². The summed E-state index contributed by atoms with van der Waals surface area (Å²) in [5, 5.41) is 11.4. The molecule has 29 heavy (non-hydrogen) atoms. The van der Waals surface area contributed by atoms with E-state index < -0.39 is 6.10 Å². The number of esters is 1. The monoisotopic (exact) mass is 414 g/mol. The number of carbonyl (C=O) groups is 1. The normalized spacial score (nSPS) is 22.0. The molecule has 2 aromatic carbocycles. The Labute approximate surface area is 172 Å². The summed E-state index contributed by atoms with van der Waals surface area (Å²) in [4.78, 5) is 12.2. The Balaban J connectivity index is 1.53. The minimum Gasteiger partial charge on any atom is -0.463 e. The van der Waals surface area contributed by atoms with Gasteiger partial charge in [-0.2, -0.15) is 0 Å². The maximum absolute atomic E-state index is 14.5. The first-order valence-corrected chi connectivity index (χ1v) is 10.5. The van der Waals surface area contributed by atoms with Crippen LogP contribution in [-0.4, -0.2) is 29.9 Å².